The van der Waals surface area contributed by atoms with Crippen LogP contribution in [-0.4, -0.2) is 21.4 Å². The van der Waals surface area contributed by atoms with Gasteiger partial charge in [0.15, 0.2) is 0 Å². The molecule has 0 radical (unpaired) electrons. The van der Waals surface area contributed by atoms with Gasteiger partial charge in [0.1, 0.15) is 0 Å². The topological polar surface area (TPSA) is 64.0 Å². The van der Waals surface area contributed by atoms with Crippen molar-refractivity contribution in [1.82, 2.24) is 14.9 Å². The number of hydrogen-bond acceptors (Lipinski definition) is 3. The summed E-state index contributed by atoms with van der Waals surface area (Å²) in [4.78, 5) is 28.2. The molecule has 1 aliphatic heterocycles. The van der Waals surface area contributed by atoms with Crippen molar-refractivity contribution in [2.75, 3.05) is 0 Å². The predicted octanol–water partition coefficient (Wildman–Crippen LogP) is 2.10. The normalized spacial score (nSPS) is 22.2. The fourth-order valence-corrected chi connectivity index (χ4v) is 3.08. The monoisotopic (exact) mass is 347 g/mol. The van der Waals surface area contributed by atoms with E-state index < -0.39 is 0 Å². The third kappa shape index (κ3) is 2.63. The van der Waals surface area contributed by atoms with Crippen molar-refractivity contribution in [3.63, 3.8) is 0 Å². The fraction of sp³-hybridized carbons (Fsp3) is 0.267. The molecule has 0 spiro atoms. The van der Waals surface area contributed by atoms with Gasteiger partial charge in [-0.1, -0.05) is 28.1 Å². The summed E-state index contributed by atoms with van der Waals surface area (Å²) in [5, 5.41) is 2.43. The summed E-state index contributed by atoms with van der Waals surface area (Å²) in [6, 6.07) is 7.62. The molecule has 5 nitrogen and oxygen atoms in total. The van der Waals surface area contributed by atoms with E-state index in [2.05, 4.69) is 26.2 Å². The number of carbonyl (C=O) groups excluding carboxylic acids is 2. The fourth-order valence-electron chi connectivity index (χ4n) is 2.82. The highest BCUT2D eigenvalue weighted by atomic mass is 79.9. The number of carbonyl (C=O) groups is 2. The van der Waals surface area contributed by atoms with E-state index in [-0.39, 0.29) is 30.1 Å². The quantitative estimate of drug-likeness (QED) is 0.846. The number of imide groups is 1. The van der Waals surface area contributed by atoms with Gasteiger partial charge in [0, 0.05) is 35.7 Å². The first-order valence-electron chi connectivity index (χ1n) is 6.61. The Balaban J connectivity index is 2.05. The van der Waals surface area contributed by atoms with E-state index in [1.807, 2.05) is 35.9 Å². The average Bonchev–Trinajstić information content (AvgIpc) is 2.85. The Morgan fingerprint density at radius 3 is 2.62 bits per heavy atom. The first kappa shape index (κ1) is 14.0. The summed E-state index contributed by atoms with van der Waals surface area (Å²) >= 11 is 3.39. The lowest BCUT2D eigenvalue weighted by atomic mass is 9.79. The molecular weight excluding hydrogens is 334 g/mol. The van der Waals surface area contributed by atoms with E-state index in [9.17, 15) is 9.59 Å². The van der Waals surface area contributed by atoms with Crippen LogP contribution in [0, 0.1) is 0 Å². The Hall–Kier alpha value is -1.95. The third-order valence-corrected chi connectivity index (χ3v) is 4.34. The molecule has 2 atom stereocenters. The van der Waals surface area contributed by atoms with Crippen molar-refractivity contribution in [3.8, 4) is 0 Å². The van der Waals surface area contributed by atoms with Crippen LogP contribution < -0.4 is 5.32 Å². The van der Waals surface area contributed by atoms with E-state index in [4.69, 9.17) is 0 Å². The lowest BCUT2D eigenvalue weighted by molar-refractivity contribution is -0.135. The Labute approximate surface area is 130 Å². The van der Waals surface area contributed by atoms with Crippen molar-refractivity contribution in [1.29, 1.82) is 0 Å². The van der Waals surface area contributed by atoms with E-state index >= 15 is 0 Å². The van der Waals surface area contributed by atoms with Crippen LogP contribution in [-0.2, 0) is 16.6 Å². The predicted molar refractivity (Wildman–Crippen MR) is 80.6 cm³/mol. The smallest absolute Gasteiger partial charge is 0.234 e. The first-order valence-corrected chi connectivity index (χ1v) is 7.41. The second-order valence-electron chi connectivity index (χ2n) is 5.18. The summed E-state index contributed by atoms with van der Waals surface area (Å²) in [6.07, 6.45) is 3.69. The number of rotatable bonds is 2. The molecule has 6 heteroatoms. The SMILES string of the molecule is Cn1cncc1C1CC(=O)NC(=O)C1c1ccc(Br)cc1. The summed E-state index contributed by atoms with van der Waals surface area (Å²) in [7, 11) is 1.87. The Morgan fingerprint density at radius 1 is 1.29 bits per heavy atom. The van der Waals surface area contributed by atoms with E-state index in [0.29, 0.717) is 0 Å². The Bertz CT molecular complexity index is 693. The van der Waals surface area contributed by atoms with Crippen LogP contribution >= 0.6 is 15.9 Å². The number of amides is 2. The number of imidazole rings is 1. The number of aromatic nitrogens is 2. The number of hydrogen-bond donors (Lipinski definition) is 1. The molecule has 2 heterocycles. The van der Waals surface area contributed by atoms with Gasteiger partial charge in [0.25, 0.3) is 0 Å². The molecule has 21 heavy (non-hydrogen) atoms. The van der Waals surface area contributed by atoms with Crippen LogP contribution in [0.5, 0.6) is 0 Å². The van der Waals surface area contributed by atoms with Gasteiger partial charge in [-0.3, -0.25) is 14.9 Å². The van der Waals surface area contributed by atoms with E-state index in [0.717, 1.165) is 15.7 Å². The molecule has 2 amide bonds. The number of nitrogens with zero attached hydrogens (tertiary/aromatic N) is 2. The van der Waals surface area contributed by atoms with E-state index in [1.54, 1.807) is 12.5 Å². The van der Waals surface area contributed by atoms with Gasteiger partial charge >= 0.3 is 0 Å². The minimum Gasteiger partial charge on any atom is -0.337 e. The van der Waals surface area contributed by atoms with Gasteiger partial charge in [-0.2, -0.15) is 0 Å². The average molecular weight is 348 g/mol. The molecule has 1 aliphatic rings. The maximum Gasteiger partial charge on any atom is 0.234 e. The second kappa shape index (κ2) is 5.44. The number of piperidine rings is 1. The van der Waals surface area contributed by atoms with Crippen molar-refractivity contribution in [2.45, 2.75) is 18.3 Å². The molecule has 1 saturated heterocycles. The maximum absolute atomic E-state index is 12.3. The minimum absolute atomic E-state index is 0.195. The number of nitrogens with one attached hydrogen (secondary N) is 1. The second-order valence-corrected chi connectivity index (χ2v) is 6.10. The highest BCUT2D eigenvalue weighted by molar-refractivity contribution is 9.10. The summed E-state index contributed by atoms with van der Waals surface area (Å²) < 4.78 is 2.82. The molecule has 2 aromatic rings. The largest absolute Gasteiger partial charge is 0.337 e. The lowest BCUT2D eigenvalue weighted by Crippen LogP contribution is -2.43. The minimum atomic E-state index is -0.383. The summed E-state index contributed by atoms with van der Waals surface area (Å²) in [6.45, 7) is 0. The number of benzene rings is 1. The molecule has 3 rings (SSSR count). The molecule has 1 aromatic carbocycles. The standard InChI is InChI=1S/C15H14BrN3O2/c1-19-8-17-7-12(19)11-6-13(20)18-15(21)14(11)9-2-4-10(16)5-3-9/h2-5,7-8,11,14H,6H2,1H3,(H,18,20,21). The van der Waals surface area contributed by atoms with Crippen LogP contribution in [0.4, 0.5) is 0 Å². The first-order chi connectivity index (χ1) is 10.1. The van der Waals surface area contributed by atoms with Crippen LogP contribution in [0.3, 0.4) is 0 Å². The summed E-state index contributed by atoms with van der Waals surface area (Å²) in [5.74, 6) is -1.06. The van der Waals surface area contributed by atoms with Crippen molar-refractivity contribution >= 4 is 27.7 Å². The van der Waals surface area contributed by atoms with Crippen LogP contribution in [0.2, 0.25) is 0 Å². The molecule has 1 aromatic heterocycles. The zero-order valence-corrected chi connectivity index (χ0v) is 13.0. The molecule has 2 unspecified atom stereocenters. The van der Waals surface area contributed by atoms with Crippen LogP contribution in [0.1, 0.15) is 29.5 Å². The Kier molecular flexibility index (Phi) is 3.63. The van der Waals surface area contributed by atoms with Gasteiger partial charge in [0.05, 0.1) is 12.2 Å². The maximum atomic E-state index is 12.3. The highest BCUT2D eigenvalue weighted by Gasteiger charge is 2.39. The number of halogens is 1. The van der Waals surface area contributed by atoms with Crippen molar-refractivity contribution < 1.29 is 9.59 Å². The van der Waals surface area contributed by atoms with Crippen molar-refractivity contribution in [2.24, 2.45) is 7.05 Å². The van der Waals surface area contributed by atoms with E-state index in [1.165, 1.54) is 0 Å². The van der Waals surface area contributed by atoms with Gasteiger partial charge in [0.2, 0.25) is 11.8 Å². The van der Waals surface area contributed by atoms with Gasteiger partial charge in [-0.05, 0) is 17.7 Å². The zero-order chi connectivity index (χ0) is 15.0. The third-order valence-electron chi connectivity index (χ3n) is 3.82. The van der Waals surface area contributed by atoms with Crippen LogP contribution in [0.15, 0.2) is 41.3 Å². The molecule has 0 aliphatic carbocycles. The van der Waals surface area contributed by atoms with Gasteiger partial charge in [-0.15, -0.1) is 0 Å². The molecular formula is C15H14BrN3O2. The molecule has 0 bridgehead atoms. The van der Waals surface area contributed by atoms with Gasteiger partial charge in [-0.25, -0.2) is 4.98 Å². The molecule has 0 saturated carbocycles. The molecule has 1 fully saturated rings. The van der Waals surface area contributed by atoms with Crippen molar-refractivity contribution in [3.05, 3.63) is 52.5 Å². The Morgan fingerprint density at radius 2 is 2.00 bits per heavy atom. The van der Waals surface area contributed by atoms with Gasteiger partial charge < -0.3 is 4.57 Å². The highest BCUT2D eigenvalue weighted by Crippen LogP contribution is 2.38. The molecule has 108 valence electrons. The number of aryl methyl sites for hydroxylation is 1. The zero-order valence-electron chi connectivity index (χ0n) is 11.4. The summed E-state index contributed by atoms with van der Waals surface area (Å²) in [5.41, 5.74) is 1.79. The van der Waals surface area contributed by atoms with Crippen LogP contribution in [0.25, 0.3) is 0 Å². The lowest BCUT2D eigenvalue weighted by Gasteiger charge is -2.30. The molecule has 1 N–H and O–H groups in total.